The van der Waals surface area contributed by atoms with E-state index in [9.17, 15) is 9.18 Å². The van der Waals surface area contributed by atoms with E-state index in [1.807, 2.05) is 18.2 Å². The van der Waals surface area contributed by atoms with Crippen LogP contribution in [0.25, 0.3) is 11.1 Å². The molecule has 0 aliphatic carbocycles. The molecule has 0 heterocycles. The third-order valence-corrected chi connectivity index (χ3v) is 3.25. The quantitative estimate of drug-likeness (QED) is 0.516. The Hall–Kier alpha value is -2.94. The monoisotopic (exact) mass is 292 g/mol. The Kier molecular flexibility index (Phi) is 3.97. The standard InChI is InChI=1S/C19H13FO2/c20-17-10-6-14(7-11-17)15-8-12-18(13-9-15)22-19(21)16-4-2-1-3-5-16/h1-13H. The first-order valence-corrected chi connectivity index (χ1v) is 6.85. The predicted molar refractivity (Wildman–Crippen MR) is 83.2 cm³/mol. The number of benzene rings is 3. The Labute approximate surface area is 127 Å². The molecule has 0 spiro atoms. The molecular weight excluding hydrogens is 279 g/mol. The van der Waals surface area contributed by atoms with Gasteiger partial charge in [-0.25, -0.2) is 9.18 Å². The molecule has 22 heavy (non-hydrogen) atoms. The fraction of sp³-hybridized carbons (Fsp3) is 0. The Morgan fingerprint density at radius 3 is 1.86 bits per heavy atom. The van der Waals surface area contributed by atoms with Crippen LogP contribution in [0.4, 0.5) is 4.39 Å². The third-order valence-electron chi connectivity index (χ3n) is 3.25. The fourth-order valence-electron chi connectivity index (χ4n) is 2.10. The smallest absolute Gasteiger partial charge is 0.343 e. The molecule has 2 nitrogen and oxygen atoms in total. The minimum atomic E-state index is -0.393. The molecular formula is C19H13FO2. The molecule has 0 aliphatic heterocycles. The number of esters is 1. The van der Waals surface area contributed by atoms with E-state index in [0.717, 1.165) is 11.1 Å². The highest BCUT2D eigenvalue weighted by Crippen LogP contribution is 2.23. The van der Waals surface area contributed by atoms with Crippen LogP contribution in [0.2, 0.25) is 0 Å². The molecule has 0 radical (unpaired) electrons. The third kappa shape index (κ3) is 3.20. The van der Waals surface area contributed by atoms with Crippen LogP contribution >= 0.6 is 0 Å². The van der Waals surface area contributed by atoms with Gasteiger partial charge in [-0.05, 0) is 47.5 Å². The molecule has 3 heteroatoms. The van der Waals surface area contributed by atoms with Crippen LogP contribution in [0, 0.1) is 5.82 Å². The highest BCUT2D eigenvalue weighted by atomic mass is 19.1. The second kappa shape index (κ2) is 6.22. The summed E-state index contributed by atoms with van der Waals surface area (Å²) in [6, 6.07) is 22.2. The van der Waals surface area contributed by atoms with Gasteiger partial charge in [0.2, 0.25) is 0 Å². The molecule has 0 aromatic heterocycles. The molecule has 0 N–H and O–H groups in total. The van der Waals surface area contributed by atoms with E-state index in [1.54, 1.807) is 48.5 Å². The van der Waals surface area contributed by atoms with Gasteiger partial charge in [-0.1, -0.05) is 42.5 Å². The molecule has 0 bridgehead atoms. The molecule has 3 rings (SSSR count). The van der Waals surface area contributed by atoms with Crippen molar-refractivity contribution in [3.63, 3.8) is 0 Å². The van der Waals surface area contributed by atoms with E-state index in [1.165, 1.54) is 12.1 Å². The van der Waals surface area contributed by atoms with Crippen molar-refractivity contribution in [2.75, 3.05) is 0 Å². The van der Waals surface area contributed by atoms with Crippen molar-refractivity contribution in [2.24, 2.45) is 0 Å². The molecule has 0 unspecified atom stereocenters. The van der Waals surface area contributed by atoms with Gasteiger partial charge in [0.25, 0.3) is 0 Å². The minimum Gasteiger partial charge on any atom is -0.423 e. The Bertz CT molecular complexity index is 763. The maximum Gasteiger partial charge on any atom is 0.343 e. The van der Waals surface area contributed by atoms with Gasteiger partial charge in [-0.15, -0.1) is 0 Å². The van der Waals surface area contributed by atoms with Crippen molar-refractivity contribution in [3.05, 3.63) is 90.2 Å². The zero-order chi connectivity index (χ0) is 15.4. The zero-order valence-electron chi connectivity index (χ0n) is 11.7. The molecule has 0 aliphatic rings. The van der Waals surface area contributed by atoms with E-state index < -0.39 is 5.97 Å². The molecule has 0 saturated heterocycles. The van der Waals surface area contributed by atoms with Gasteiger partial charge in [-0.3, -0.25) is 0 Å². The van der Waals surface area contributed by atoms with Crippen molar-refractivity contribution < 1.29 is 13.9 Å². The lowest BCUT2D eigenvalue weighted by Gasteiger charge is -2.06. The van der Waals surface area contributed by atoms with Crippen LogP contribution in [0.5, 0.6) is 5.75 Å². The van der Waals surface area contributed by atoms with Crippen molar-refractivity contribution in [1.82, 2.24) is 0 Å². The molecule has 0 fully saturated rings. The van der Waals surface area contributed by atoms with Gasteiger partial charge in [0.1, 0.15) is 11.6 Å². The number of halogens is 1. The summed E-state index contributed by atoms with van der Waals surface area (Å²) in [5.74, 6) is -0.188. The number of rotatable bonds is 3. The first-order chi connectivity index (χ1) is 10.7. The maximum absolute atomic E-state index is 12.9. The highest BCUT2D eigenvalue weighted by molar-refractivity contribution is 5.91. The van der Waals surface area contributed by atoms with E-state index in [0.29, 0.717) is 11.3 Å². The molecule has 0 atom stereocenters. The number of hydrogen-bond acceptors (Lipinski definition) is 2. The van der Waals surface area contributed by atoms with Crippen LogP contribution in [-0.2, 0) is 0 Å². The number of hydrogen-bond donors (Lipinski definition) is 0. The lowest BCUT2D eigenvalue weighted by Crippen LogP contribution is -2.07. The van der Waals surface area contributed by atoms with E-state index in [-0.39, 0.29) is 5.82 Å². The van der Waals surface area contributed by atoms with Crippen molar-refractivity contribution in [1.29, 1.82) is 0 Å². The summed E-state index contributed by atoms with van der Waals surface area (Å²) in [6.45, 7) is 0. The summed E-state index contributed by atoms with van der Waals surface area (Å²) < 4.78 is 18.2. The first-order valence-electron chi connectivity index (χ1n) is 6.85. The number of ether oxygens (including phenoxy) is 1. The second-order valence-electron chi connectivity index (χ2n) is 4.79. The van der Waals surface area contributed by atoms with E-state index >= 15 is 0 Å². The maximum atomic E-state index is 12.9. The predicted octanol–water partition coefficient (Wildman–Crippen LogP) is 4.71. The lowest BCUT2D eigenvalue weighted by atomic mass is 10.1. The highest BCUT2D eigenvalue weighted by Gasteiger charge is 2.07. The van der Waals surface area contributed by atoms with Gasteiger partial charge >= 0.3 is 5.97 Å². The summed E-state index contributed by atoms with van der Waals surface area (Å²) in [6.07, 6.45) is 0. The summed E-state index contributed by atoms with van der Waals surface area (Å²) in [5.41, 5.74) is 2.34. The van der Waals surface area contributed by atoms with Gasteiger partial charge in [-0.2, -0.15) is 0 Å². The normalized spacial score (nSPS) is 10.2. The summed E-state index contributed by atoms with van der Waals surface area (Å²) >= 11 is 0. The Morgan fingerprint density at radius 2 is 1.27 bits per heavy atom. The van der Waals surface area contributed by atoms with Crippen molar-refractivity contribution >= 4 is 5.97 Å². The van der Waals surface area contributed by atoms with Crippen LogP contribution in [0.3, 0.4) is 0 Å². The van der Waals surface area contributed by atoms with Gasteiger partial charge in [0.05, 0.1) is 5.56 Å². The number of carbonyl (C=O) groups excluding carboxylic acids is 1. The van der Waals surface area contributed by atoms with E-state index in [4.69, 9.17) is 4.74 Å². The molecule has 3 aromatic rings. The molecule has 108 valence electrons. The SMILES string of the molecule is O=C(Oc1ccc(-c2ccc(F)cc2)cc1)c1ccccc1. The zero-order valence-corrected chi connectivity index (χ0v) is 11.7. The van der Waals surface area contributed by atoms with Gasteiger partial charge in [0, 0.05) is 0 Å². The fourth-order valence-corrected chi connectivity index (χ4v) is 2.10. The number of carbonyl (C=O) groups is 1. The van der Waals surface area contributed by atoms with Crippen molar-refractivity contribution in [3.8, 4) is 16.9 Å². The van der Waals surface area contributed by atoms with Crippen LogP contribution < -0.4 is 4.74 Å². The van der Waals surface area contributed by atoms with Crippen molar-refractivity contribution in [2.45, 2.75) is 0 Å². The molecule has 0 amide bonds. The van der Waals surface area contributed by atoms with Crippen LogP contribution in [0.15, 0.2) is 78.9 Å². The first kappa shape index (κ1) is 14.0. The minimum absolute atomic E-state index is 0.267. The van der Waals surface area contributed by atoms with E-state index in [2.05, 4.69) is 0 Å². The average molecular weight is 292 g/mol. The lowest BCUT2D eigenvalue weighted by molar-refractivity contribution is 0.0735. The summed E-state index contributed by atoms with van der Waals surface area (Å²) in [4.78, 5) is 11.9. The molecule has 3 aromatic carbocycles. The van der Waals surface area contributed by atoms with Crippen LogP contribution in [0.1, 0.15) is 10.4 Å². The molecule has 0 saturated carbocycles. The van der Waals surface area contributed by atoms with Gasteiger partial charge < -0.3 is 4.74 Å². The Balaban J connectivity index is 1.74. The second-order valence-corrected chi connectivity index (χ2v) is 4.79. The largest absolute Gasteiger partial charge is 0.423 e. The van der Waals surface area contributed by atoms with Crippen LogP contribution in [-0.4, -0.2) is 5.97 Å². The summed E-state index contributed by atoms with van der Waals surface area (Å²) in [7, 11) is 0. The van der Waals surface area contributed by atoms with Gasteiger partial charge in [0.15, 0.2) is 0 Å². The summed E-state index contributed by atoms with van der Waals surface area (Å²) in [5, 5.41) is 0. The topological polar surface area (TPSA) is 26.3 Å². The average Bonchev–Trinajstić information content (AvgIpc) is 2.57. The Morgan fingerprint density at radius 1 is 0.727 bits per heavy atom.